The molecule has 1 heterocycles. The maximum absolute atomic E-state index is 12.5. The summed E-state index contributed by atoms with van der Waals surface area (Å²) in [7, 11) is 1.38. The number of esters is 2. The predicted octanol–water partition coefficient (Wildman–Crippen LogP) is 4.48. The molecule has 2 aromatic rings. The lowest BCUT2D eigenvalue weighted by Crippen LogP contribution is -2.30. The standard InChI is InChI=1S/C23H23NO4/c1-3-28-23(26)19-9-5-8-18-16-6-4-7-17(16)20(24-21(18)19)14-10-12-15(13-11-14)22(25)27-2/h4-6,8-13,16-17,20,24H,3,7H2,1-2H3/t16-,17+,20-/m1/s1. The first kappa shape index (κ1) is 18.3. The van der Waals surface area contributed by atoms with E-state index >= 15 is 0 Å². The molecule has 0 saturated heterocycles. The zero-order chi connectivity index (χ0) is 19.7. The van der Waals surface area contributed by atoms with Gasteiger partial charge in [0, 0.05) is 5.92 Å². The van der Waals surface area contributed by atoms with Gasteiger partial charge in [-0.1, -0.05) is 36.4 Å². The van der Waals surface area contributed by atoms with Crippen LogP contribution in [0.5, 0.6) is 0 Å². The molecule has 144 valence electrons. The number of nitrogens with one attached hydrogen (secondary N) is 1. The number of fused-ring (bicyclic) bond motifs is 3. The average Bonchev–Trinajstić information content (AvgIpc) is 3.22. The zero-order valence-corrected chi connectivity index (χ0v) is 16.0. The summed E-state index contributed by atoms with van der Waals surface area (Å²) in [5.41, 5.74) is 4.14. The number of anilines is 1. The Balaban J connectivity index is 1.73. The topological polar surface area (TPSA) is 64.6 Å². The van der Waals surface area contributed by atoms with Gasteiger partial charge >= 0.3 is 11.9 Å². The summed E-state index contributed by atoms with van der Waals surface area (Å²) < 4.78 is 10.0. The molecule has 5 heteroatoms. The van der Waals surface area contributed by atoms with E-state index in [9.17, 15) is 9.59 Å². The number of allylic oxidation sites excluding steroid dienone is 2. The van der Waals surface area contributed by atoms with Crippen molar-refractivity contribution in [3.63, 3.8) is 0 Å². The van der Waals surface area contributed by atoms with Crippen LogP contribution in [0.25, 0.3) is 0 Å². The molecule has 0 radical (unpaired) electrons. The van der Waals surface area contributed by atoms with Gasteiger partial charge in [0.1, 0.15) is 0 Å². The molecule has 2 aliphatic rings. The maximum Gasteiger partial charge on any atom is 0.340 e. The van der Waals surface area contributed by atoms with Crippen LogP contribution in [0.15, 0.2) is 54.6 Å². The van der Waals surface area contributed by atoms with Crippen LogP contribution in [0.3, 0.4) is 0 Å². The number of ether oxygens (including phenoxy) is 2. The Morgan fingerprint density at radius 2 is 1.89 bits per heavy atom. The number of para-hydroxylation sites is 1. The number of rotatable bonds is 4. The van der Waals surface area contributed by atoms with Crippen LogP contribution in [0.1, 0.15) is 57.1 Å². The number of methoxy groups -OCH3 is 1. The van der Waals surface area contributed by atoms with Gasteiger partial charge in [0.25, 0.3) is 0 Å². The van der Waals surface area contributed by atoms with E-state index in [0.29, 0.717) is 23.7 Å². The SMILES string of the molecule is CCOC(=O)c1cccc2c1N[C@H](c1ccc(C(=O)OC)cc1)[C@H]1CC=C[C@@H]21. The van der Waals surface area contributed by atoms with E-state index in [2.05, 4.69) is 23.5 Å². The first-order valence-corrected chi connectivity index (χ1v) is 9.55. The molecule has 0 unspecified atom stereocenters. The van der Waals surface area contributed by atoms with Crippen LogP contribution in [0.2, 0.25) is 0 Å². The first-order chi connectivity index (χ1) is 13.6. The van der Waals surface area contributed by atoms with Crippen LogP contribution < -0.4 is 5.32 Å². The fourth-order valence-electron chi connectivity index (χ4n) is 4.27. The summed E-state index contributed by atoms with van der Waals surface area (Å²) in [6.45, 7) is 2.15. The predicted molar refractivity (Wildman–Crippen MR) is 107 cm³/mol. The minimum absolute atomic E-state index is 0.0368. The van der Waals surface area contributed by atoms with Crippen molar-refractivity contribution in [2.45, 2.75) is 25.3 Å². The molecule has 2 aromatic carbocycles. The molecule has 0 spiro atoms. The third-order valence-corrected chi connectivity index (χ3v) is 5.58. The van der Waals surface area contributed by atoms with Crippen molar-refractivity contribution in [3.05, 3.63) is 76.9 Å². The van der Waals surface area contributed by atoms with E-state index in [1.807, 2.05) is 25.1 Å². The molecule has 0 bridgehead atoms. The van der Waals surface area contributed by atoms with Crippen LogP contribution in [0.4, 0.5) is 5.69 Å². The van der Waals surface area contributed by atoms with Gasteiger partial charge in [-0.2, -0.15) is 0 Å². The van der Waals surface area contributed by atoms with Crippen molar-refractivity contribution >= 4 is 17.6 Å². The Morgan fingerprint density at radius 1 is 1.11 bits per heavy atom. The normalized spacial score (nSPS) is 22.0. The fourth-order valence-corrected chi connectivity index (χ4v) is 4.27. The number of hydrogen-bond donors (Lipinski definition) is 1. The minimum Gasteiger partial charge on any atom is -0.465 e. The summed E-state index contributed by atoms with van der Waals surface area (Å²) in [5.74, 6) is -0.0598. The molecule has 28 heavy (non-hydrogen) atoms. The Bertz CT molecular complexity index is 932. The van der Waals surface area contributed by atoms with E-state index in [1.165, 1.54) is 7.11 Å². The summed E-state index contributed by atoms with van der Waals surface area (Å²) in [4.78, 5) is 24.2. The molecular weight excluding hydrogens is 354 g/mol. The summed E-state index contributed by atoms with van der Waals surface area (Å²) >= 11 is 0. The lowest BCUT2D eigenvalue weighted by atomic mass is 9.76. The number of benzene rings is 2. The smallest absolute Gasteiger partial charge is 0.340 e. The summed E-state index contributed by atoms with van der Waals surface area (Å²) in [6, 6.07) is 13.3. The van der Waals surface area contributed by atoms with Gasteiger partial charge in [-0.3, -0.25) is 0 Å². The minimum atomic E-state index is -0.349. The number of carbonyl (C=O) groups is 2. The molecule has 0 saturated carbocycles. The van der Waals surface area contributed by atoms with Crippen molar-refractivity contribution in [1.82, 2.24) is 0 Å². The Morgan fingerprint density at radius 3 is 2.61 bits per heavy atom. The van der Waals surface area contributed by atoms with E-state index in [1.54, 1.807) is 18.2 Å². The van der Waals surface area contributed by atoms with Gasteiger partial charge in [-0.25, -0.2) is 9.59 Å². The molecule has 0 aromatic heterocycles. The van der Waals surface area contributed by atoms with Gasteiger partial charge in [-0.05, 0) is 48.6 Å². The summed E-state index contributed by atoms with van der Waals surface area (Å²) in [5, 5.41) is 3.60. The van der Waals surface area contributed by atoms with E-state index < -0.39 is 0 Å². The maximum atomic E-state index is 12.5. The van der Waals surface area contributed by atoms with E-state index in [-0.39, 0.29) is 23.9 Å². The highest BCUT2D eigenvalue weighted by atomic mass is 16.5. The van der Waals surface area contributed by atoms with E-state index in [0.717, 1.165) is 23.2 Å². The molecule has 5 nitrogen and oxygen atoms in total. The van der Waals surface area contributed by atoms with Crippen LogP contribution in [-0.2, 0) is 9.47 Å². The molecule has 1 aliphatic carbocycles. The second-order valence-electron chi connectivity index (χ2n) is 7.08. The second-order valence-corrected chi connectivity index (χ2v) is 7.08. The molecule has 1 aliphatic heterocycles. The van der Waals surface area contributed by atoms with Crippen molar-refractivity contribution in [2.75, 3.05) is 19.0 Å². The zero-order valence-electron chi connectivity index (χ0n) is 16.0. The Hall–Kier alpha value is -3.08. The molecular formula is C23H23NO4. The van der Waals surface area contributed by atoms with Gasteiger partial charge in [0.2, 0.25) is 0 Å². The molecule has 0 fully saturated rings. The third kappa shape index (κ3) is 3.07. The lowest BCUT2D eigenvalue weighted by molar-refractivity contribution is 0.0526. The van der Waals surface area contributed by atoms with Crippen molar-refractivity contribution in [3.8, 4) is 0 Å². The number of carbonyl (C=O) groups excluding carboxylic acids is 2. The highest BCUT2D eigenvalue weighted by Crippen LogP contribution is 2.50. The van der Waals surface area contributed by atoms with Crippen molar-refractivity contribution in [2.24, 2.45) is 5.92 Å². The lowest BCUT2D eigenvalue weighted by Gasteiger charge is -2.38. The highest BCUT2D eigenvalue weighted by molar-refractivity contribution is 5.97. The van der Waals surface area contributed by atoms with Crippen molar-refractivity contribution in [1.29, 1.82) is 0 Å². The van der Waals surface area contributed by atoms with Gasteiger partial charge in [0.05, 0.1) is 36.6 Å². The summed E-state index contributed by atoms with van der Waals surface area (Å²) in [6.07, 6.45) is 5.40. The van der Waals surface area contributed by atoms with Gasteiger partial charge in [0.15, 0.2) is 0 Å². The highest BCUT2D eigenvalue weighted by Gasteiger charge is 2.39. The monoisotopic (exact) mass is 377 g/mol. The van der Waals surface area contributed by atoms with Crippen LogP contribution in [0, 0.1) is 5.92 Å². The van der Waals surface area contributed by atoms with Crippen molar-refractivity contribution < 1.29 is 19.1 Å². The largest absolute Gasteiger partial charge is 0.465 e. The third-order valence-electron chi connectivity index (χ3n) is 5.58. The van der Waals surface area contributed by atoms with E-state index in [4.69, 9.17) is 9.47 Å². The molecule has 3 atom stereocenters. The number of hydrogen-bond acceptors (Lipinski definition) is 5. The van der Waals surface area contributed by atoms with Crippen LogP contribution >= 0.6 is 0 Å². The Kier molecular flexibility index (Phi) is 4.90. The molecule has 1 N–H and O–H groups in total. The van der Waals surface area contributed by atoms with Gasteiger partial charge in [-0.15, -0.1) is 0 Å². The second kappa shape index (κ2) is 7.50. The van der Waals surface area contributed by atoms with Crippen LogP contribution in [-0.4, -0.2) is 25.7 Å². The van der Waals surface area contributed by atoms with Gasteiger partial charge < -0.3 is 14.8 Å². The Labute approximate surface area is 164 Å². The molecule has 4 rings (SSSR count). The quantitative estimate of drug-likeness (QED) is 0.629. The fraction of sp³-hybridized carbons (Fsp3) is 0.304. The average molecular weight is 377 g/mol. The molecule has 0 amide bonds. The first-order valence-electron chi connectivity index (χ1n) is 9.55.